The summed E-state index contributed by atoms with van der Waals surface area (Å²) in [7, 11) is -3.61. The Morgan fingerprint density at radius 2 is 2.14 bits per heavy atom. The van der Waals surface area contributed by atoms with Crippen molar-refractivity contribution in [3.05, 3.63) is 34.9 Å². The molecule has 0 saturated heterocycles. The van der Waals surface area contributed by atoms with E-state index in [-0.39, 0.29) is 18.9 Å². The number of aliphatic hydroxyl groups is 1. The van der Waals surface area contributed by atoms with Gasteiger partial charge in [0.15, 0.2) is 0 Å². The van der Waals surface area contributed by atoms with Crippen molar-refractivity contribution in [1.82, 2.24) is 5.32 Å². The van der Waals surface area contributed by atoms with E-state index in [1.807, 2.05) is 6.92 Å². The van der Waals surface area contributed by atoms with Gasteiger partial charge in [0.05, 0.1) is 17.9 Å². The average Bonchev–Trinajstić information content (AvgIpc) is 2.37. The number of carbonyl (C=O) groups is 1. The predicted octanol–water partition coefficient (Wildman–Crippen LogP) is -0.253. The van der Waals surface area contributed by atoms with Gasteiger partial charge in [-0.25, -0.2) is 13.6 Å². The molecule has 0 radical (unpaired) electrons. The summed E-state index contributed by atoms with van der Waals surface area (Å²) in [6.45, 7) is 1.77. The summed E-state index contributed by atoms with van der Waals surface area (Å²) in [5.41, 5.74) is 1.85. The Labute approximate surface area is 124 Å². The smallest absolute Gasteiger partial charge is 0.252 e. The van der Waals surface area contributed by atoms with Crippen LogP contribution < -0.4 is 10.5 Å². The highest BCUT2D eigenvalue weighted by molar-refractivity contribution is 7.89. The normalized spacial score (nSPS) is 10.6. The first kappa shape index (κ1) is 17.2. The average molecular weight is 310 g/mol. The van der Waals surface area contributed by atoms with Gasteiger partial charge in [-0.3, -0.25) is 4.79 Å². The van der Waals surface area contributed by atoms with E-state index in [1.165, 1.54) is 0 Å². The Morgan fingerprint density at radius 1 is 1.43 bits per heavy atom. The molecule has 0 spiro atoms. The van der Waals surface area contributed by atoms with Crippen LogP contribution >= 0.6 is 0 Å². The van der Waals surface area contributed by atoms with Crippen molar-refractivity contribution in [1.29, 1.82) is 0 Å². The van der Waals surface area contributed by atoms with Crippen molar-refractivity contribution in [2.75, 3.05) is 18.9 Å². The van der Waals surface area contributed by atoms with Crippen LogP contribution in [0.1, 0.15) is 27.9 Å². The fraction of sp³-hybridized carbons (Fsp3) is 0.357. The fourth-order valence-corrected chi connectivity index (χ4v) is 1.96. The number of nitrogens with two attached hydrogens (primary N) is 1. The molecule has 0 aliphatic heterocycles. The van der Waals surface area contributed by atoms with Crippen LogP contribution in [0.25, 0.3) is 0 Å². The summed E-state index contributed by atoms with van der Waals surface area (Å²) >= 11 is 0. The van der Waals surface area contributed by atoms with Crippen molar-refractivity contribution >= 4 is 15.9 Å². The van der Waals surface area contributed by atoms with Gasteiger partial charge in [-0.2, -0.15) is 0 Å². The van der Waals surface area contributed by atoms with Gasteiger partial charge in [0.25, 0.3) is 5.91 Å². The maximum atomic E-state index is 12.0. The second-order valence-electron chi connectivity index (χ2n) is 4.45. The summed E-state index contributed by atoms with van der Waals surface area (Å²) in [5.74, 6) is 4.85. The zero-order valence-electron chi connectivity index (χ0n) is 11.7. The van der Waals surface area contributed by atoms with Crippen LogP contribution in [0.4, 0.5) is 0 Å². The molecule has 4 N–H and O–H groups in total. The number of nitrogens with one attached hydrogen (secondary N) is 1. The Kier molecular flexibility index (Phi) is 6.37. The number of aryl methyl sites for hydroxylation is 1. The van der Waals surface area contributed by atoms with Crippen LogP contribution in [-0.4, -0.2) is 38.3 Å². The highest BCUT2D eigenvalue weighted by atomic mass is 32.2. The number of sulfonamides is 1. The summed E-state index contributed by atoms with van der Waals surface area (Å²) in [6, 6.07) is 5.16. The van der Waals surface area contributed by atoms with E-state index in [0.717, 1.165) is 5.56 Å². The van der Waals surface area contributed by atoms with Crippen molar-refractivity contribution in [3.8, 4) is 11.8 Å². The minimum absolute atomic E-state index is 0.0469. The van der Waals surface area contributed by atoms with Crippen molar-refractivity contribution in [2.45, 2.75) is 13.3 Å². The highest BCUT2D eigenvalue weighted by Gasteiger charge is 2.11. The van der Waals surface area contributed by atoms with Crippen LogP contribution in [0.3, 0.4) is 0 Å². The lowest BCUT2D eigenvalue weighted by molar-refractivity contribution is 0.0956. The molecule has 114 valence electrons. The number of amides is 1. The lowest BCUT2D eigenvalue weighted by Gasteiger charge is -2.07. The van der Waals surface area contributed by atoms with Crippen LogP contribution in [0.5, 0.6) is 0 Å². The molecule has 0 bridgehead atoms. The van der Waals surface area contributed by atoms with E-state index in [9.17, 15) is 13.2 Å². The largest absolute Gasteiger partial charge is 0.395 e. The minimum Gasteiger partial charge on any atom is -0.395 e. The summed E-state index contributed by atoms with van der Waals surface area (Å²) < 4.78 is 21.6. The third-order valence-corrected chi connectivity index (χ3v) is 3.32. The molecule has 0 heterocycles. The van der Waals surface area contributed by atoms with Gasteiger partial charge in [-0.1, -0.05) is 17.9 Å². The second-order valence-corrected chi connectivity index (χ2v) is 6.18. The number of aliphatic hydroxyl groups excluding tert-OH is 1. The molecule has 0 unspecified atom stereocenters. The summed E-state index contributed by atoms with van der Waals surface area (Å²) in [4.78, 5) is 12.0. The lowest BCUT2D eigenvalue weighted by atomic mass is 10.0. The van der Waals surface area contributed by atoms with Gasteiger partial charge in [-0.05, 0) is 24.6 Å². The fourth-order valence-electron chi connectivity index (χ4n) is 1.58. The van der Waals surface area contributed by atoms with Gasteiger partial charge in [0.2, 0.25) is 10.0 Å². The molecule has 0 aliphatic rings. The van der Waals surface area contributed by atoms with Gasteiger partial charge in [0.1, 0.15) is 0 Å². The number of carbonyl (C=O) groups excluding carboxylic acids is 1. The van der Waals surface area contributed by atoms with E-state index < -0.39 is 15.9 Å². The zero-order chi connectivity index (χ0) is 15.9. The topological polar surface area (TPSA) is 109 Å². The number of primary sulfonamides is 1. The number of hydrogen-bond acceptors (Lipinski definition) is 4. The maximum absolute atomic E-state index is 12.0. The minimum atomic E-state index is -3.61. The van der Waals surface area contributed by atoms with Gasteiger partial charge >= 0.3 is 0 Å². The summed E-state index contributed by atoms with van der Waals surface area (Å²) in [5, 5.41) is 16.1. The van der Waals surface area contributed by atoms with Crippen LogP contribution in [0.15, 0.2) is 18.2 Å². The molecule has 7 heteroatoms. The first-order valence-electron chi connectivity index (χ1n) is 6.32. The predicted molar refractivity (Wildman–Crippen MR) is 80.1 cm³/mol. The standard InChI is InChI=1S/C14H18N2O4S/c1-11-5-6-13(12(10-11)4-2-3-8-17)14(18)16-7-9-21(15,19)20/h5-6,10,17H,3,7-9H2,1H3,(H,16,18)(H2,15,19,20). The van der Waals surface area contributed by atoms with Gasteiger partial charge in [-0.15, -0.1) is 0 Å². The zero-order valence-corrected chi connectivity index (χ0v) is 12.5. The van der Waals surface area contributed by atoms with Crippen molar-refractivity contribution in [3.63, 3.8) is 0 Å². The van der Waals surface area contributed by atoms with Crippen LogP contribution in [-0.2, 0) is 10.0 Å². The molecule has 0 fully saturated rings. The molecule has 0 atom stereocenters. The Balaban J connectivity index is 2.86. The third kappa shape index (κ3) is 6.40. The Hall–Kier alpha value is -1.88. The third-order valence-electron chi connectivity index (χ3n) is 2.55. The molecule has 1 rings (SSSR count). The van der Waals surface area contributed by atoms with E-state index >= 15 is 0 Å². The quantitative estimate of drug-likeness (QED) is 0.651. The van der Waals surface area contributed by atoms with E-state index in [1.54, 1.807) is 18.2 Å². The SMILES string of the molecule is Cc1ccc(C(=O)NCCS(N)(=O)=O)c(C#CCCO)c1. The molecule has 6 nitrogen and oxygen atoms in total. The van der Waals surface area contributed by atoms with Crippen molar-refractivity contribution in [2.24, 2.45) is 5.14 Å². The first-order valence-corrected chi connectivity index (χ1v) is 8.04. The molecular formula is C14H18N2O4S. The molecule has 1 amide bonds. The molecule has 0 aliphatic carbocycles. The maximum Gasteiger partial charge on any atom is 0.252 e. The molecule has 1 aromatic carbocycles. The second kappa shape index (κ2) is 7.78. The molecule has 0 saturated carbocycles. The van der Waals surface area contributed by atoms with E-state index in [0.29, 0.717) is 17.5 Å². The Bertz CT molecular complexity index is 672. The number of benzene rings is 1. The monoisotopic (exact) mass is 310 g/mol. The highest BCUT2D eigenvalue weighted by Crippen LogP contribution is 2.10. The van der Waals surface area contributed by atoms with Crippen LogP contribution in [0.2, 0.25) is 0 Å². The van der Waals surface area contributed by atoms with E-state index in [2.05, 4.69) is 17.2 Å². The summed E-state index contributed by atoms with van der Waals surface area (Å²) in [6.07, 6.45) is 0.320. The van der Waals surface area contributed by atoms with E-state index in [4.69, 9.17) is 10.2 Å². The number of hydrogen-bond donors (Lipinski definition) is 3. The van der Waals surface area contributed by atoms with Gasteiger partial charge in [0, 0.05) is 18.5 Å². The van der Waals surface area contributed by atoms with Gasteiger partial charge < -0.3 is 10.4 Å². The molecule has 0 aromatic heterocycles. The first-order chi connectivity index (χ1) is 9.83. The molecular weight excluding hydrogens is 292 g/mol. The van der Waals surface area contributed by atoms with Crippen LogP contribution in [0, 0.1) is 18.8 Å². The van der Waals surface area contributed by atoms with Crippen molar-refractivity contribution < 1.29 is 18.3 Å². The molecule has 1 aromatic rings. The Morgan fingerprint density at radius 3 is 2.76 bits per heavy atom. The molecule has 21 heavy (non-hydrogen) atoms. The number of rotatable bonds is 5. The lowest BCUT2D eigenvalue weighted by Crippen LogP contribution is -2.31.